The average molecular weight is 924 g/mol. The third-order valence-corrected chi connectivity index (χ3v) is 14.5. The number of hydrogen-bond donors (Lipinski definition) is 4. The van der Waals surface area contributed by atoms with E-state index in [0.717, 1.165) is 72.7 Å². The molecule has 0 unspecified atom stereocenters. The maximum absolute atomic E-state index is 13.7. The van der Waals surface area contributed by atoms with Crippen molar-refractivity contribution in [2.24, 2.45) is 11.8 Å². The molecule has 1 saturated carbocycles. The van der Waals surface area contributed by atoms with Crippen molar-refractivity contribution in [3.63, 3.8) is 0 Å². The number of H-pyrrole nitrogens is 2. The highest BCUT2D eigenvalue weighted by molar-refractivity contribution is 5.87. The molecule has 4 fully saturated rings. The number of ether oxygens (including phenoxy) is 2. The molecule has 6 atom stereocenters. The van der Waals surface area contributed by atoms with Crippen LogP contribution in [0.1, 0.15) is 137 Å². The van der Waals surface area contributed by atoms with E-state index in [1.165, 1.54) is 49.4 Å². The normalized spacial score (nSPS) is 21.3. The van der Waals surface area contributed by atoms with Crippen LogP contribution in [0, 0.1) is 11.8 Å². The number of alkyl carbamates (subject to hydrolysis) is 2. The SMILES string of the molecule is COC(=O)N[C@H](C(=O)N1CCC[C@H]1c1ncc(-c2ccc([C@@H]3CC[C@@H](c4ccc(-c5cnc([C@@H]6CCCN6C(=O)[C@@H](NC(=O)OC)C(C)C)[nH]5)cc4)N3c3ccc(C4CC4)cc3)cc2)[nH]1)C(C)C. The number of carbonyl (C=O) groups is 4. The number of amides is 4. The maximum atomic E-state index is 13.7. The predicted molar refractivity (Wildman–Crippen MR) is 259 cm³/mol. The number of rotatable bonds is 14. The minimum Gasteiger partial charge on any atom is -0.453 e. The summed E-state index contributed by atoms with van der Waals surface area (Å²) in [5.41, 5.74) is 8.93. The zero-order valence-corrected chi connectivity index (χ0v) is 40.0. The topological polar surface area (TPSA) is 178 Å². The molecule has 2 aromatic heterocycles. The van der Waals surface area contributed by atoms with Gasteiger partial charge >= 0.3 is 12.2 Å². The van der Waals surface area contributed by atoms with Crippen LogP contribution in [0.25, 0.3) is 22.5 Å². The number of nitrogens with one attached hydrogen (secondary N) is 4. The number of nitrogens with zero attached hydrogens (tertiary/aromatic N) is 5. The molecule has 3 aromatic carbocycles. The molecule has 3 saturated heterocycles. The molecule has 1 aliphatic carbocycles. The summed E-state index contributed by atoms with van der Waals surface area (Å²) in [5, 5.41) is 5.46. The maximum Gasteiger partial charge on any atom is 0.407 e. The van der Waals surface area contributed by atoms with Gasteiger partial charge in [0.25, 0.3) is 0 Å². The minimum atomic E-state index is -0.690. The van der Waals surface area contributed by atoms with Crippen LogP contribution < -0.4 is 15.5 Å². The van der Waals surface area contributed by atoms with E-state index in [2.05, 4.69) is 98.3 Å². The van der Waals surface area contributed by atoms with E-state index in [9.17, 15) is 19.2 Å². The Morgan fingerprint density at radius 2 is 0.971 bits per heavy atom. The number of likely N-dealkylation sites (tertiary alicyclic amines) is 2. The molecule has 0 spiro atoms. The Morgan fingerprint density at radius 1 is 0.559 bits per heavy atom. The van der Waals surface area contributed by atoms with E-state index in [-0.39, 0.29) is 47.8 Å². The van der Waals surface area contributed by atoms with E-state index >= 15 is 0 Å². The average Bonchev–Trinajstić information content (AvgIpc) is 3.97. The lowest BCUT2D eigenvalue weighted by Gasteiger charge is -2.33. The molecular formula is C53H65N9O6. The molecule has 4 N–H and O–H groups in total. The lowest BCUT2D eigenvalue weighted by Crippen LogP contribution is -2.51. The van der Waals surface area contributed by atoms with Crippen LogP contribution in [0.2, 0.25) is 0 Å². The second-order valence-electron chi connectivity index (χ2n) is 19.6. The van der Waals surface area contributed by atoms with Gasteiger partial charge in [0.15, 0.2) is 0 Å². The van der Waals surface area contributed by atoms with Gasteiger partial charge in [-0.2, -0.15) is 0 Å². The number of aromatic amines is 2. The van der Waals surface area contributed by atoms with Gasteiger partial charge in [0, 0.05) is 18.8 Å². The lowest BCUT2D eigenvalue weighted by atomic mass is 10.0. The van der Waals surface area contributed by atoms with Gasteiger partial charge < -0.3 is 44.8 Å². The third kappa shape index (κ3) is 9.57. The summed E-state index contributed by atoms with van der Waals surface area (Å²) in [6.07, 6.45) is 10.3. The fourth-order valence-electron chi connectivity index (χ4n) is 10.6. The zero-order chi connectivity index (χ0) is 47.6. The van der Waals surface area contributed by atoms with Crippen molar-refractivity contribution in [1.82, 2.24) is 40.4 Å². The summed E-state index contributed by atoms with van der Waals surface area (Å²) < 4.78 is 9.62. The third-order valence-electron chi connectivity index (χ3n) is 14.5. The second-order valence-corrected chi connectivity index (χ2v) is 19.6. The van der Waals surface area contributed by atoms with Crippen LogP contribution >= 0.6 is 0 Å². The number of imidazole rings is 2. The Hall–Kier alpha value is -6.64. The van der Waals surface area contributed by atoms with Gasteiger partial charge in [-0.15, -0.1) is 0 Å². The van der Waals surface area contributed by atoms with Gasteiger partial charge in [-0.1, -0.05) is 88.4 Å². The minimum absolute atomic E-state index is 0.108. The first-order valence-corrected chi connectivity index (χ1v) is 24.4. The first kappa shape index (κ1) is 46.5. The van der Waals surface area contributed by atoms with Gasteiger partial charge in [0.2, 0.25) is 11.8 Å². The summed E-state index contributed by atoms with van der Waals surface area (Å²) in [5.74, 6) is 1.69. The van der Waals surface area contributed by atoms with Crippen LogP contribution in [0.15, 0.2) is 85.2 Å². The van der Waals surface area contributed by atoms with Crippen molar-refractivity contribution >= 4 is 29.7 Å². The van der Waals surface area contributed by atoms with Crippen molar-refractivity contribution in [3.8, 4) is 22.5 Å². The van der Waals surface area contributed by atoms with Crippen LogP contribution in [-0.4, -0.2) is 93.1 Å². The summed E-state index contributed by atoms with van der Waals surface area (Å²) >= 11 is 0. The fraction of sp³-hybridized carbons (Fsp3) is 0.472. The summed E-state index contributed by atoms with van der Waals surface area (Å²) in [7, 11) is 2.61. The molecule has 0 radical (unpaired) electrons. The molecule has 15 heteroatoms. The number of benzene rings is 3. The quantitative estimate of drug-likeness (QED) is 0.0845. The summed E-state index contributed by atoms with van der Waals surface area (Å²) in [6.45, 7) is 8.86. The molecule has 358 valence electrons. The molecule has 3 aliphatic heterocycles. The van der Waals surface area contributed by atoms with Gasteiger partial charge in [0.1, 0.15) is 23.7 Å². The van der Waals surface area contributed by atoms with Gasteiger partial charge in [-0.3, -0.25) is 9.59 Å². The molecule has 15 nitrogen and oxygen atoms in total. The predicted octanol–water partition coefficient (Wildman–Crippen LogP) is 9.52. The zero-order valence-electron chi connectivity index (χ0n) is 40.0. The Kier molecular flexibility index (Phi) is 13.6. The number of aromatic nitrogens is 4. The fourth-order valence-corrected chi connectivity index (χ4v) is 10.6. The first-order chi connectivity index (χ1) is 32.9. The highest BCUT2D eigenvalue weighted by Crippen LogP contribution is 2.48. The number of carbonyl (C=O) groups excluding carboxylic acids is 4. The Balaban J connectivity index is 0.915. The van der Waals surface area contributed by atoms with Crippen molar-refractivity contribution in [1.29, 1.82) is 0 Å². The van der Waals surface area contributed by atoms with E-state index in [1.54, 1.807) is 0 Å². The van der Waals surface area contributed by atoms with Gasteiger partial charge in [-0.25, -0.2) is 19.6 Å². The monoisotopic (exact) mass is 924 g/mol. The molecule has 68 heavy (non-hydrogen) atoms. The largest absolute Gasteiger partial charge is 0.453 e. The molecule has 0 bridgehead atoms. The van der Waals surface area contributed by atoms with Gasteiger partial charge in [0.05, 0.1) is 62.2 Å². The van der Waals surface area contributed by atoms with E-state index in [1.807, 2.05) is 49.9 Å². The van der Waals surface area contributed by atoms with E-state index in [4.69, 9.17) is 19.4 Å². The van der Waals surface area contributed by atoms with Crippen molar-refractivity contribution < 1.29 is 28.7 Å². The molecule has 5 aromatic rings. The highest BCUT2D eigenvalue weighted by Gasteiger charge is 2.40. The number of methoxy groups -OCH3 is 2. The van der Waals surface area contributed by atoms with Crippen LogP contribution in [0.4, 0.5) is 15.3 Å². The van der Waals surface area contributed by atoms with Crippen LogP contribution in [0.5, 0.6) is 0 Å². The lowest BCUT2D eigenvalue weighted by molar-refractivity contribution is -0.136. The summed E-state index contributed by atoms with van der Waals surface area (Å²) in [6, 6.07) is 25.4. The summed E-state index contributed by atoms with van der Waals surface area (Å²) in [4.78, 5) is 74.5. The molecular weight excluding hydrogens is 859 g/mol. The smallest absolute Gasteiger partial charge is 0.407 e. The molecule has 4 amide bonds. The van der Waals surface area contributed by atoms with Gasteiger partial charge in [-0.05, 0) is 109 Å². The second kappa shape index (κ2) is 19.9. The Bertz CT molecular complexity index is 2420. The van der Waals surface area contributed by atoms with E-state index in [0.29, 0.717) is 19.0 Å². The van der Waals surface area contributed by atoms with Crippen LogP contribution in [0.3, 0.4) is 0 Å². The number of hydrogen-bond acceptors (Lipinski definition) is 9. The molecule has 4 aliphatic rings. The highest BCUT2D eigenvalue weighted by atomic mass is 16.5. The Labute approximate surface area is 398 Å². The first-order valence-electron chi connectivity index (χ1n) is 24.4. The van der Waals surface area contributed by atoms with Crippen molar-refractivity contribution in [2.45, 2.75) is 121 Å². The standard InChI is InChI=1S/C53H65N9O6/c1-31(2)46(58-52(65)67-5)50(63)60-27-7-9-44(60)48-54-29-40(56-48)35-13-17-37(18-14-35)42-25-26-43(62(42)39-23-21-34(22-24-39)33-11-12-33)38-19-15-36(16-20-38)41-30-55-49(57-41)45-10-8-28-61(45)51(64)47(32(3)4)59-53(66)68-6/h13-24,29-33,42-47H,7-12,25-28H2,1-6H3,(H,54,56)(H,55,57)(H,58,65)(H,59,66)/t42-,43-,44-,45-,46-,47-/m0/s1. The Morgan fingerprint density at radius 3 is 1.35 bits per heavy atom. The van der Waals surface area contributed by atoms with E-state index < -0.39 is 24.3 Å². The van der Waals surface area contributed by atoms with Crippen molar-refractivity contribution in [2.75, 3.05) is 32.2 Å². The number of anilines is 1. The van der Waals surface area contributed by atoms with Crippen LogP contribution in [-0.2, 0) is 19.1 Å². The molecule has 9 rings (SSSR count). The molecule has 5 heterocycles. The van der Waals surface area contributed by atoms with Crippen molar-refractivity contribution in [3.05, 3.63) is 114 Å².